The topological polar surface area (TPSA) is 89.3 Å². The molecule has 0 aliphatic heterocycles. The molecule has 1 atom stereocenters. The van der Waals surface area contributed by atoms with E-state index in [0.717, 1.165) is 6.07 Å². The molecule has 3 N–H and O–H groups in total. The molecule has 1 aromatic rings. The molecule has 0 fully saturated rings. The minimum absolute atomic E-state index is 0.0311. The number of hydrogen-bond donors (Lipinski definition) is 2. The number of carbonyl (C=O) groups excluding carboxylic acids is 3. The van der Waals surface area contributed by atoms with Crippen LogP contribution in [0.2, 0.25) is 0 Å². The average molecular weight is 280 g/mol. The Morgan fingerprint density at radius 1 is 1.30 bits per heavy atom. The highest BCUT2D eigenvalue weighted by Crippen LogP contribution is 2.08. The molecule has 0 aliphatic rings. The Hall–Kier alpha value is -2.24. The Balaban J connectivity index is 2.71. The van der Waals surface area contributed by atoms with Gasteiger partial charge in [-0.05, 0) is 18.6 Å². The fraction of sp³-hybridized carbons (Fsp3) is 0.357. The Labute approximate surface area is 116 Å². The summed E-state index contributed by atoms with van der Waals surface area (Å²) in [5.74, 6) is -2.19. The van der Waals surface area contributed by atoms with E-state index in [0.29, 0.717) is 6.42 Å². The Morgan fingerprint density at radius 2 is 1.95 bits per heavy atom. The van der Waals surface area contributed by atoms with Crippen molar-refractivity contribution in [1.82, 2.24) is 5.32 Å². The van der Waals surface area contributed by atoms with Crippen molar-refractivity contribution in [3.63, 3.8) is 0 Å². The second kappa shape index (κ2) is 7.37. The number of ketones is 1. The number of hydrogen-bond acceptors (Lipinski definition) is 3. The number of primary amides is 1. The molecular formula is C14H17FN2O3. The van der Waals surface area contributed by atoms with E-state index in [2.05, 4.69) is 5.32 Å². The van der Waals surface area contributed by atoms with Gasteiger partial charge in [0, 0.05) is 12.8 Å². The summed E-state index contributed by atoms with van der Waals surface area (Å²) in [6.45, 7) is 1.71. The van der Waals surface area contributed by atoms with Crippen LogP contribution in [-0.2, 0) is 9.59 Å². The molecule has 0 aromatic heterocycles. The molecule has 0 unspecified atom stereocenters. The largest absolute Gasteiger partial charge is 0.368 e. The van der Waals surface area contributed by atoms with E-state index in [9.17, 15) is 18.8 Å². The molecule has 1 rings (SSSR count). The molecule has 0 spiro atoms. The van der Waals surface area contributed by atoms with Crippen molar-refractivity contribution in [3.8, 4) is 0 Å². The van der Waals surface area contributed by atoms with Gasteiger partial charge in [0.2, 0.25) is 5.91 Å². The Morgan fingerprint density at radius 3 is 2.50 bits per heavy atom. The van der Waals surface area contributed by atoms with Crippen molar-refractivity contribution in [1.29, 1.82) is 0 Å². The number of nitrogens with one attached hydrogen (secondary N) is 1. The van der Waals surface area contributed by atoms with Crippen molar-refractivity contribution in [3.05, 3.63) is 35.6 Å². The molecule has 0 radical (unpaired) electrons. The van der Waals surface area contributed by atoms with Crippen LogP contribution in [0.5, 0.6) is 0 Å². The van der Waals surface area contributed by atoms with Gasteiger partial charge in [-0.1, -0.05) is 19.1 Å². The van der Waals surface area contributed by atoms with Crippen molar-refractivity contribution >= 4 is 17.6 Å². The van der Waals surface area contributed by atoms with Gasteiger partial charge < -0.3 is 11.1 Å². The van der Waals surface area contributed by atoms with E-state index >= 15 is 0 Å². The van der Waals surface area contributed by atoms with Gasteiger partial charge in [0.1, 0.15) is 17.6 Å². The summed E-state index contributed by atoms with van der Waals surface area (Å²) in [4.78, 5) is 34.3. The van der Waals surface area contributed by atoms with Crippen LogP contribution < -0.4 is 11.1 Å². The summed E-state index contributed by atoms with van der Waals surface area (Å²) >= 11 is 0. The second-order valence-electron chi connectivity index (χ2n) is 4.34. The van der Waals surface area contributed by atoms with Gasteiger partial charge in [-0.15, -0.1) is 0 Å². The third kappa shape index (κ3) is 4.46. The van der Waals surface area contributed by atoms with Crippen LogP contribution in [-0.4, -0.2) is 23.6 Å². The highest BCUT2D eigenvalue weighted by molar-refractivity contribution is 5.97. The molecule has 0 heterocycles. The highest BCUT2D eigenvalue weighted by Gasteiger charge is 2.21. The zero-order valence-corrected chi connectivity index (χ0v) is 11.2. The summed E-state index contributed by atoms with van der Waals surface area (Å²) in [6.07, 6.45) is 0.608. The molecule has 108 valence electrons. The molecule has 0 saturated carbocycles. The van der Waals surface area contributed by atoms with Crippen LogP contribution >= 0.6 is 0 Å². The summed E-state index contributed by atoms with van der Waals surface area (Å²) < 4.78 is 13.4. The first-order chi connectivity index (χ1) is 9.45. The number of carbonyl (C=O) groups is 3. The quantitative estimate of drug-likeness (QED) is 0.785. The van der Waals surface area contributed by atoms with Crippen LogP contribution in [0.1, 0.15) is 36.5 Å². The molecule has 1 aromatic carbocycles. The summed E-state index contributed by atoms with van der Waals surface area (Å²) in [5.41, 5.74) is 5.00. The number of Topliss-reactive ketones (excluding diaryl/α,β-unsaturated/α-hetero) is 1. The van der Waals surface area contributed by atoms with Gasteiger partial charge in [0.05, 0.1) is 5.56 Å². The first-order valence-electron chi connectivity index (χ1n) is 6.32. The number of rotatable bonds is 7. The average Bonchev–Trinajstić information content (AvgIpc) is 2.42. The van der Waals surface area contributed by atoms with E-state index in [1.54, 1.807) is 6.92 Å². The molecule has 0 saturated heterocycles. The molecule has 2 amide bonds. The van der Waals surface area contributed by atoms with Gasteiger partial charge in [-0.25, -0.2) is 4.39 Å². The van der Waals surface area contributed by atoms with Crippen LogP contribution in [0.15, 0.2) is 24.3 Å². The lowest BCUT2D eigenvalue weighted by atomic mass is 10.1. The maximum atomic E-state index is 13.4. The second-order valence-corrected chi connectivity index (χ2v) is 4.34. The van der Waals surface area contributed by atoms with E-state index < -0.39 is 23.7 Å². The lowest BCUT2D eigenvalue weighted by Gasteiger charge is -2.15. The van der Waals surface area contributed by atoms with Crippen molar-refractivity contribution < 1.29 is 18.8 Å². The van der Waals surface area contributed by atoms with E-state index in [-0.39, 0.29) is 24.2 Å². The maximum Gasteiger partial charge on any atom is 0.254 e. The van der Waals surface area contributed by atoms with E-state index in [4.69, 9.17) is 5.73 Å². The molecule has 5 nitrogen and oxygen atoms in total. The van der Waals surface area contributed by atoms with Crippen LogP contribution in [0.4, 0.5) is 4.39 Å². The Bertz CT molecular complexity index is 517. The number of halogens is 1. The number of amides is 2. The number of nitrogens with two attached hydrogens (primary N) is 1. The molecular weight excluding hydrogens is 263 g/mol. The summed E-state index contributed by atoms with van der Waals surface area (Å²) in [7, 11) is 0. The Kier molecular flexibility index (Phi) is 5.83. The summed E-state index contributed by atoms with van der Waals surface area (Å²) in [6, 6.07) is 4.43. The van der Waals surface area contributed by atoms with Crippen molar-refractivity contribution in [2.45, 2.75) is 32.2 Å². The van der Waals surface area contributed by atoms with Gasteiger partial charge in [-0.2, -0.15) is 0 Å². The van der Waals surface area contributed by atoms with Crippen molar-refractivity contribution in [2.75, 3.05) is 0 Å². The van der Waals surface area contributed by atoms with E-state index in [1.807, 2.05) is 0 Å². The van der Waals surface area contributed by atoms with Crippen LogP contribution in [0.3, 0.4) is 0 Å². The number of benzene rings is 1. The van der Waals surface area contributed by atoms with E-state index in [1.165, 1.54) is 18.2 Å². The first-order valence-corrected chi connectivity index (χ1v) is 6.32. The smallest absolute Gasteiger partial charge is 0.254 e. The minimum atomic E-state index is -0.988. The normalized spacial score (nSPS) is 11.7. The van der Waals surface area contributed by atoms with Crippen LogP contribution in [0, 0.1) is 5.82 Å². The first kappa shape index (κ1) is 15.8. The zero-order chi connectivity index (χ0) is 15.1. The SMILES string of the molecule is CCC(=O)CC[C@H](NC(=O)c1ccccc1F)C(N)=O. The van der Waals surface area contributed by atoms with Gasteiger partial charge >= 0.3 is 0 Å². The standard InChI is InChI=1S/C14H17FN2O3/c1-2-9(18)7-8-12(13(16)19)17-14(20)10-5-3-4-6-11(10)15/h3-6,12H,2,7-8H2,1H3,(H2,16,19)(H,17,20)/t12-/m0/s1. The fourth-order valence-electron chi connectivity index (χ4n) is 1.65. The third-order valence-corrected chi connectivity index (χ3v) is 2.87. The molecule has 0 bridgehead atoms. The van der Waals surface area contributed by atoms with Crippen LogP contribution in [0.25, 0.3) is 0 Å². The molecule has 6 heteroatoms. The highest BCUT2D eigenvalue weighted by atomic mass is 19.1. The zero-order valence-electron chi connectivity index (χ0n) is 11.2. The molecule has 0 aliphatic carbocycles. The third-order valence-electron chi connectivity index (χ3n) is 2.87. The van der Waals surface area contributed by atoms with Crippen molar-refractivity contribution in [2.24, 2.45) is 5.73 Å². The summed E-state index contributed by atoms with van der Waals surface area (Å²) in [5, 5.41) is 2.35. The minimum Gasteiger partial charge on any atom is -0.368 e. The van der Waals surface area contributed by atoms with Gasteiger partial charge in [-0.3, -0.25) is 14.4 Å². The van der Waals surface area contributed by atoms with Gasteiger partial charge in [0.25, 0.3) is 5.91 Å². The molecule has 20 heavy (non-hydrogen) atoms. The fourth-order valence-corrected chi connectivity index (χ4v) is 1.65. The monoisotopic (exact) mass is 280 g/mol. The lowest BCUT2D eigenvalue weighted by Crippen LogP contribution is -2.44. The lowest BCUT2D eigenvalue weighted by molar-refractivity contribution is -0.121. The van der Waals surface area contributed by atoms with Gasteiger partial charge in [0.15, 0.2) is 0 Å². The predicted octanol–water partition coefficient (Wildman–Crippen LogP) is 1.17. The predicted molar refractivity (Wildman–Crippen MR) is 71.4 cm³/mol. The maximum absolute atomic E-state index is 13.4.